The molecule has 3 heterocycles. The molecule has 0 spiro atoms. The van der Waals surface area contributed by atoms with Gasteiger partial charge in [0.25, 0.3) is 0 Å². The molecule has 1 aromatic carbocycles. The Kier molecular flexibility index (Phi) is 3.95. The van der Waals surface area contributed by atoms with Crippen molar-refractivity contribution in [3.05, 3.63) is 53.5 Å². The van der Waals surface area contributed by atoms with Gasteiger partial charge < -0.3 is 5.73 Å². The molecule has 8 nitrogen and oxygen atoms in total. The smallest absolute Gasteiger partial charge is 0.385 e. The van der Waals surface area contributed by atoms with Crippen molar-refractivity contribution in [2.75, 3.05) is 0 Å². The van der Waals surface area contributed by atoms with Crippen molar-refractivity contribution in [1.29, 1.82) is 0 Å². The van der Waals surface area contributed by atoms with Gasteiger partial charge >= 0.3 is 6.18 Å². The Balaban J connectivity index is 1.91. The zero-order valence-electron chi connectivity index (χ0n) is 13.4. The second-order valence-corrected chi connectivity index (χ2v) is 6.05. The van der Waals surface area contributed by atoms with Crippen molar-refractivity contribution >= 4 is 23.4 Å². The van der Waals surface area contributed by atoms with Crippen LogP contribution in [0.15, 0.2) is 47.0 Å². The molecule has 2 aromatic heterocycles. The summed E-state index contributed by atoms with van der Waals surface area (Å²) in [7, 11) is 0. The molecule has 0 radical (unpaired) electrons. The molecular weight excluding hydrogens is 385 g/mol. The summed E-state index contributed by atoms with van der Waals surface area (Å²) in [4.78, 5) is 3.74. The molecule has 0 aliphatic carbocycles. The lowest BCUT2D eigenvalue weighted by molar-refractivity contribution is -0.145. The van der Waals surface area contributed by atoms with Crippen LogP contribution in [0.1, 0.15) is 11.6 Å². The summed E-state index contributed by atoms with van der Waals surface area (Å²) in [6.45, 7) is 0. The number of hydrogen-bond donors (Lipinski definition) is 1. The van der Waals surface area contributed by atoms with Crippen molar-refractivity contribution in [3.63, 3.8) is 0 Å². The van der Waals surface area contributed by atoms with E-state index in [1.165, 1.54) is 17.1 Å². The number of fused-ring (bicyclic) bond motifs is 1. The van der Waals surface area contributed by atoms with Crippen LogP contribution < -0.4 is 5.73 Å². The summed E-state index contributed by atoms with van der Waals surface area (Å²) in [6.07, 6.45) is -2.17. The average molecular weight is 395 g/mol. The molecule has 0 saturated heterocycles. The highest BCUT2D eigenvalue weighted by Crippen LogP contribution is 2.32. The zero-order chi connectivity index (χ0) is 19.2. The van der Waals surface area contributed by atoms with Crippen LogP contribution in [-0.2, 0) is 12.6 Å². The second kappa shape index (κ2) is 6.20. The van der Waals surface area contributed by atoms with E-state index in [2.05, 4.69) is 25.4 Å². The molecule has 0 amide bonds. The van der Waals surface area contributed by atoms with Gasteiger partial charge in [-0.3, -0.25) is 9.13 Å². The van der Waals surface area contributed by atoms with Gasteiger partial charge in [-0.25, -0.2) is 4.98 Å². The molecule has 1 aliphatic heterocycles. The maximum atomic E-state index is 13.6. The fraction of sp³-hybridized carbons (Fsp3) is 0.133. The van der Waals surface area contributed by atoms with E-state index >= 15 is 0 Å². The summed E-state index contributed by atoms with van der Waals surface area (Å²) in [6, 6.07) is 6.28. The number of nitrogens with zero attached hydrogens (tertiary/aromatic N) is 7. The van der Waals surface area contributed by atoms with Crippen LogP contribution in [0.3, 0.4) is 0 Å². The highest BCUT2D eigenvalue weighted by molar-refractivity contribution is 6.30. The van der Waals surface area contributed by atoms with E-state index in [1.807, 2.05) is 0 Å². The zero-order valence-corrected chi connectivity index (χ0v) is 14.1. The molecule has 12 heteroatoms. The van der Waals surface area contributed by atoms with E-state index in [4.69, 9.17) is 17.3 Å². The minimum atomic E-state index is -4.73. The third-order valence-electron chi connectivity index (χ3n) is 3.76. The van der Waals surface area contributed by atoms with E-state index < -0.39 is 12.0 Å². The number of benzene rings is 1. The van der Waals surface area contributed by atoms with E-state index in [0.717, 1.165) is 4.57 Å². The number of nitrogens with two attached hydrogens (primary N) is 1. The standard InChI is InChI=1S/C15H10ClF3N8/c16-9-3-1-8(2-4-9)10-6-26(13(22-10)15(17,18)19)14-25-23-11(20)5-12-24-21-7-27(12)14/h1-4,6-7H,5H2,(H2,20,23). The van der Waals surface area contributed by atoms with Gasteiger partial charge in [0.1, 0.15) is 18.0 Å². The van der Waals surface area contributed by atoms with Gasteiger partial charge in [-0.15, -0.1) is 20.4 Å². The first-order valence-corrected chi connectivity index (χ1v) is 7.93. The maximum Gasteiger partial charge on any atom is 0.450 e. The Bertz CT molecular complexity index is 1060. The Morgan fingerprint density at radius 2 is 1.81 bits per heavy atom. The number of amidine groups is 1. The molecule has 0 saturated carbocycles. The van der Waals surface area contributed by atoms with Crippen LogP contribution >= 0.6 is 11.6 Å². The lowest BCUT2D eigenvalue weighted by Crippen LogP contribution is -2.27. The lowest BCUT2D eigenvalue weighted by Gasteiger charge is -2.12. The fourth-order valence-electron chi connectivity index (χ4n) is 2.56. The summed E-state index contributed by atoms with van der Waals surface area (Å²) in [5, 5.41) is 15.6. The molecule has 2 N–H and O–H groups in total. The van der Waals surface area contributed by atoms with Crippen LogP contribution in [0.2, 0.25) is 5.02 Å². The molecule has 0 unspecified atom stereocenters. The molecule has 0 fully saturated rings. The van der Waals surface area contributed by atoms with Crippen LogP contribution in [-0.4, -0.2) is 36.1 Å². The second-order valence-electron chi connectivity index (χ2n) is 5.61. The molecule has 1 aliphatic rings. The number of rotatable bonds is 1. The predicted octanol–water partition coefficient (Wildman–Crippen LogP) is 2.39. The summed E-state index contributed by atoms with van der Waals surface area (Å²) in [5.41, 5.74) is 6.24. The van der Waals surface area contributed by atoms with Gasteiger partial charge in [-0.05, 0) is 12.1 Å². The highest BCUT2D eigenvalue weighted by Gasteiger charge is 2.39. The van der Waals surface area contributed by atoms with Crippen molar-refractivity contribution in [2.24, 2.45) is 15.9 Å². The minimum absolute atomic E-state index is 0.0949. The minimum Gasteiger partial charge on any atom is -0.385 e. The van der Waals surface area contributed by atoms with Crippen LogP contribution in [0.5, 0.6) is 0 Å². The Hall–Kier alpha value is -3.21. The molecule has 4 rings (SSSR count). The lowest BCUT2D eigenvalue weighted by atomic mass is 10.2. The average Bonchev–Trinajstić information content (AvgIpc) is 3.21. The molecule has 0 bridgehead atoms. The SMILES string of the molecule is NC1=NN=C(n2cc(-c3ccc(Cl)cc3)nc2C(F)(F)F)n2cnnc2C1. The number of imidazole rings is 1. The number of alkyl halides is 3. The fourth-order valence-corrected chi connectivity index (χ4v) is 2.68. The van der Waals surface area contributed by atoms with Gasteiger partial charge in [0.2, 0.25) is 11.8 Å². The quantitative estimate of drug-likeness (QED) is 0.685. The predicted molar refractivity (Wildman–Crippen MR) is 91.3 cm³/mol. The number of halogens is 4. The summed E-state index contributed by atoms with van der Waals surface area (Å²) >= 11 is 5.84. The normalized spacial score (nSPS) is 14.4. The number of aromatic nitrogens is 5. The molecule has 138 valence electrons. The van der Waals surface area contributed by atoms with Crippen molar-refractivity contribution in [3.8, 4) is 11.3 Å². The Labute approximate surface area is 154 Å². The molecule has 27 heavy (non-hydrogen) atoms. The summed E-state index contributed by atoms with van der Waals surface area (Å²) < 4.78 is 42.9. The largest absolute Gasteiger partial charge is 0.450 e. The monoisotopic (exact) mass is 394 g/mol. The van der Waals surface area contributed by atoms with E-state index in [0.29, 0.717) is 16.4 Å². The van der Waals surface area contributed by atoms with Gasteiger partial charge in [-0.2, -0.15) is 13.2 Å². The van der Waals surface area contributed by atoms with E-state index in [-0.39, 0.29) is 23.9 Å². The Morgan fingerprint density at radius 1 is 1.07 bits per heavy atom. The van der Waals surface area contributed by atoms with Gasteiger partial charge in [0, 0.05) is 16.8 Å². The third kappa shape index (κ3) is 3.16. The van der Waals surface area contributed by atoms with Crippen LogP contribution in [0, 0.1) is 0 Å². The first-order chi connectivity index (χ1) is 12.8. The van der Waals surface area contributed by atoms with E-state index in [1.54, 1.807) is 24.3 Å². The van der Waals surface area contributed by atoms with Crippen molar-refractivity contribution < 1.29 is 13.2 Å². The van der Waals surface area contributed by atoms with Gasteiger partial charge in [0.15, 0.2) is 0 Å². The number of hydrogen-bond acceptors (Lipinski definition) is 6. The van der Waals surface area contributed by atoms with Crippen LogP contribution in [0.4, 0.5) is 13.2 Å². The Morgan fingerprint density at radius 3 is 2.52 bits per heavy atom. The topological polar surface area (TPSA) is 99.3 Å². The molecule has 0 atom stereocenters. The first-order valence-electron chi connectivity index (χ1n) is 7.55. The first kappa shape index (κ1) is 17.2. The maximum absolute atomic E-state index is 13.6. The van der Waals surface area contributed by atoms with Gasteiger partial charge in [-0.1, -0.05) is 23.7 Å². The van der Waals surface area contributed by atoms with Gasteiger partial charge in [0.05, 0.1) is 12.1 Å². The third-order valence-corrected chi connectivity index (χ3v) is 4.01. The molecule has 3 aromatic rings. The summed E-state index contributed by atoms with van der Waals surface area (Å²) in [5.74, 6) is -0.940. The van der Waals surface area contributed by atoms with Crippen molar-refractivity contribution in [2.45, 2.75) is 12.6 Å². The molecular formula is C15H10ClF3N8. The van der Waals surface area contributed by atoms with Crippen molar-refractivity contribution in [1.82, 2.24) is 24.3 Å². The highest BCUT2D eigenvalue weighted by atomic mass is 35.5. The van der Waals surface area contributed by atoms with E-state index in [9.17, 15) is 13.2 Å². The van der Waals surface area contributed by atoms with Crippen LogP contribution in [0.25, 0.3) is 11.3 Å².